The Morgan fingerprint density at radius 3 is 2.74 bits per heavy atom. The van der Waals surface area contributed by atoms with Gasteiger partial charge >= 0.3 is 5.97 Å². The second-order valence-electron chi connectivity index (χ2n) is 4.39. The first-order valence-corrected chi connectivity index (χ1v) is 6.97. The standard InChI is InChI=1S/C15H13NO2S/c17-15(18)13-10-14-12(7-9-19-14)16(13)8-6-11-4-2-1-3-5-11/h1-5,7,9-10H,6,8H2,(H,17,18). The van der Waals surface area contributed by atoms with Crippen LogP contribution in [-0.2, 0) is 13.0 Å². The van der Waals surface area contributed by atoms with Crippen molar-refractivity contribution in [2.24, 2.45) is 0 Å². The van der Waals surface area contributed by atoms with Crippen molar-refractivity contribution in [3.63, 3.8) is 0 Å². The molecule has 4 heteroatoms. The zero-order valence-electron chi connectivity index (χ0n) is 10.2. The largest absolute Gasteiger partial charge is 0.477 e. The number of carboxylic acid groups (broad SMARTS) is 1. The van der Waals surface area contributed by atoms with E-state index >= 15 is 0 Å². The fourth-order valence-electron chi connectivity index (χ4n) is 2.28. The van der Waals surface area contributed by atoms with Gasteiger partial charge in [-0.3, -0.25) is 0 Å². The number of aromatic nitrogens is 1. The number of aromatic carboxylic acids is 1. The van der Waals surface area contributed by atoms with Crippen LogP contribution in [0.3, 0.4) is 0 Å². The molecule has 0 unspecified atom stereocenters. The summed E-state index contributed by atoms with van der Waals surface area (Å²) in [5.74, 6) is -0.864. The zero-order valence-corrected chi connectivity index (χ0v) is 11.1. The summed E-state index contributed by atoms with van der Waals surface area (Å²) in [6.45, 7) is 0.686. The summed E-state index contributed by atoms with van der Waals surface area (Å²) >= 11 is 1.58. The zero-order chi connectivity index (χ0) is 13.2. The van der Waals surface area contributed by atoms with Crippen molar-refractivity contribution >= 4 is 27.5 Å². The lowest BCUT2D eigenvalue weighted by Gasteiger charge is -2.07. The number of nitrogens with zero attached hydrogens (tertiary/aromatic N) is 1. The van der Waals surface area contributed by atoms with Crippen LogP contribution in [0.25, 0.3) is 10.2 Å². The molecular weight excluding hydrogens is 258 g/mol. The third-order valence-corrected chi connectivity index (χ3v) is 4.06. The predicted octanol–water partition coefficient (Wildman–Crippen LogP) is 3.64. The summed E-state index contributed by atoms with van der Waals surface area (Å²) in [5.41, 5.74) is 2.60. The summed E-state index contributed by atoms with van der Waals surface area (Å²) in [4.78, 5) is 11.3. The van der Waals surface area contributed by atoms with E-state index in [-0.39, 0.29) is 0 Å². The lowest BCUT2D eigenvalue weighted by molar-refractivity contribution is 0.0685. The molecule has 0 radical (unpaired) electrons. The van der Waals surface area contributed by atoms with E-state index in [9.17, 15) is 9.90 Å². The number of thiophene rings is 1. The van der Waals surface area contributed by atoms with Crippen LogP contribution in [0.5, 0.6) is 0 Å². The van der Waals surface area contributed by atoms with Crippen LogP contribution in [0, 0.1) is 0 Å². The van der Waals surface area contributed by atoms with Gasteiger partial charge in [-0.2, -0.15) is 0 Å². The molecule has 2 aromatic heterocycles. The first-order valence-electron chi connectivity index (χ1n) is 6.09. The van der Waals surface area contributed by atoms with Gasteiger partial charge in [0.15, 0.2) is 0 Å². The fraction of sp³-hybridized carbons (Fsp3) is 0.133. The summed E-state index contributed by atoms with van der Waals surface area (Å²) in [6.07, 6.45) is 0.834. The Morgan fingerprint density at radius 1 is 1.21 bits per heavy atom. The molecule has 0 aliphatic heterocycles. The van der Waals surface area contributed by atoms with Crippen molar-refractivity contribution in [3.8, 4) is 0 Å². The molecule has 1 aromatic carbocycles. The molecule has 2 heterocycles. The lowest BCUT2D eigenvalue weighted by atomic mass is 10.1. The van der Waals surface area contributed by atoms with Crippen LogP contribution in [0.1, 0.15) is 16.1 Å². The van der Waals surface area contributed by atoms with Gasteiger partial charge in [-0.05, 0) is 29.5 Å². The molecule has 19 heavy (non-hydrogen) atoms. The first kappa shape index (κ1) is 12.0. The van der Waals surface area contributed by atoms with Crippen LogP contribution in [0.2, 0.25) is 0 Å². The fourth-order valence-corrected chi connectivity index (χ4v) is 3.10. The van der Waals surface area contributed by atoms with Crippen LogP contribution in [0.4, 0.5) is 0 Å². The van der Waals surface area contributed by atoms with E-state index in [1.165, 1.54) is 5.56 Å². The second kappa shape index (κ2) is 4.90. The first-order chi connectivity index (χ1) is 9.25. The van der Waals surface area contributed by atoms with E-state index in [2.05, 4.69) is 12.1 Å². The van der Waals surface area contributed by atoms with Crippen molar-refractivity contribution in [3.05, 3.63) is 59.1 Å². The Balaban J connectivity index is 1.92. The van der Waals surface area contributed by atoms with E-state index in [4.69, 9.17) is 0 Å². The number of carboxylic acids is 1. The molecular formula is C15H13NO2S. The highest BCUT2D eigenvalue weighted by Gasteiger charge is 2.14. The van der Waals surface area contributed by atoms with Gasteiger partial charge in [-0.1, -0.05) is 30.3 Å². The van der Waals surface area contributed by atoms with Crippen LogP contribution in [-0.4, -0.2) is 15.6 Å². The van der Waals surface area contributed by atoms with Crippen molar-refractivity contribution in [2.75, 3.05) is 0 Å². The van der Waals surface area contributed by atoms with Crippen molar-refractivity contribution in [2.45, 2.75) is 13.0 Å². The van der Waals surface area contributed by atoms with Gasteiger partial charge < -0.3 is 9.67 Å². The molecule has 1 N–H and O–H groups in total. The Morgan fingerprint density at radius 2 is 2.00 bits per heavy atom. The maximum Gasteiger partial charge on any atom is 0.352 e. The Labute approximate surface area is 114 Å². The van der Waals surface area contributed by atoms with Crippen molar-refractivity contribution in [1.29, 1.82) is 0 Å². The summed E-state index contributed by atoms with van der Waals surface area (Å²) < 4.78 is 2.92. The van der Waals surface area contributed by atoms with Crippen molar-refractivity contribution < 1.29 is 9.90 Å². The molecule has 0 atom stereocenters. The van der Waals surface area contributed by atoms with Crippen LogP contribution >= 0.6 is 11.3 Å². The van der Waals surface area contributed by atoms with E-state index in [1.807, 2.05) is 34.2 Å². The van der Waals surface area contributed by atoms with Gasteiger partial charge in [0.05, 0.1) is 10.2 Å². The number of aryl methyl sites for hydroxylation is 2. The summed E-state index contributed by atoms with van der Waals surface area (Å²) in [6, 6.07) is 13.9. The molecule has 0 bridgehead atoms. The number of fused-ring (bicyclic) bond motifs is 1. The molecule has 0 aliphatic carbocycles. The Hall–Kier alpha value is -2.07. The minimum atomic E-state index is -0.864. The van der Waals surface area contributed by atoms with Crippen LogP contribution in [0.15, 0.2) is 47.8 Å². The van der Waals surface area contributed by atoms with E-state index in [0.717, 1.165) is 16.6 Å². The van der Waals surface area contributed by atoms with Crippen molar-refractivity contribution in [1.82, 2.24) is 4.57 Å². The normalized spacial score (nSPS) is 10.9. The molecule has 0 spiro atoms. The maximum atomic E-state index is 11.3. The quantitative estimate of drug-likeness (QED) is 0.787. The number of rotatable bonds is 4. The minimum Gasteiger partial charge on any atom is -0.477 e. The average Bonchev–Trinajstić information content (AvgIpc) is 2.98. The Kier molecular flexibility index (Phi) is 3.09. The topological polar surface area (TPSA) is 42.2 Å². The van der Waals surface area contributed by atoms with Crippen LogP contribution < -0.4 is 0 Å². The highest BCUT2D eigenvalue weighted by Crippen LogP contribution is 2.25. The SMILES string of the molecule is O=C(O)c1cc2sccc2n1CCc1ccccc1. The Bertz CT molecular complexity index is 712. The summed E-state index contributed by atoms with van der Waals surface area (Å²) in [5, 5.41) is 11.3. The van der Waals surface area contributed by atoms with Gasteiger partial charge in [0.1, 0.15) is 5.69 Å². The maximum absolute atomic E-state index is 11.3. The van der Waals surface area contributed by atoms with E-state index in [0.29, 0.717) is 12.2 Å². The van der Waals surface area contributed by atoms with Gasteiger partial charge in [-0.15, -0.1) is 11.3 Å². The van der Waals surface area contributed by atoms with Gasteiger partial charge in [0.25, 0.3) is 0 Å². The smallest absolute Gasteiger partial charge is 0.352 e. The molecule has 0 saturated carbocycles. The monoisotopic (exact) mass is 271 g/mol. The van der Waals surface area contributed by atoms with E-state index in [1.54, 1.807) is 17.4 Å². The molecule has 0 fully saturated rings. The highest BCUT2D eigenvalue weighted by molar-refractivity contribution is 7.17. The second-order valence-corrected chi connectivity index (χ2v) is 5.34. The third-order valence-electron chi connectivity index (χ3n) is 3.21. The highest BCUT2D eigenvalue weighted by atomic mass is 32.1. The number of hydrogen-bond acceptors (Lipinski definition) is 2. The van der Waals surface area contributed by atoms with E-state index < -0.39 is 5.97 Å². The summed E-state index contributed by atoms with van der Waals surface area (Å²) in [7, 11) is 0. The number of hydrogen-bond donors (Lipinski definition) is 1. The molecule has 0 amide bonds. The molecule has 96 valence electrons. The third kappa shape index (κ3) is 2.27. The molecule has 3 aromatic rings. The van der Waals surface area contributed by atoms with Gasteiger partial charge in [-0.25, -0.2) is 4.79 Å². The average molecular weight is 271 g/mol. The minimum absolute atomic E-state index is 0.373. The molecule has 3 nitrogen and oxygen atoms in total. The molecule has 3 rings (SSSR count). The molecule has 0 aliphatic rings. The van der Waals surface area contributed by atoms with Gasteiger partial charge in [0, 0.05) is 6.54 Å². The van der Waals surface area contributed by atoms with Gasteiger partial charge in [0.2, 0.25) is 0 Å². The lowest BCUT2D eigenvalue weighted by Crippen LogP contribution is -2.09. The predicted molar refractivity (Wildman–Crippen MR) is 76.9 cm³/mol. The molecule has 0 saturated heterocycles. The number of carbonyl (C=O) groups is 1. The number of benzene rings is 1.